The molecule has 1 aliphatic rings. The smallest absolute Gasteiger partial charge is 0.119 e. The topological polar surface area (TPSA) is 37.9 Å². The molecule has 16 heavy (non-hydrogen) atoms. The predicted molar refractivity (Wildman–Crippen MR) is 65.9 cm³/mol. The zero-order valence-electron chi connectivity index (χ0n) is 9.91. The maximum absolute atomic E-state index is 5.40. The van der Waals surface area contributed by atoms with Crippen molar-refractivity contribution in [3.63, 3.8) is 0 Å². The molecule has 1 atom stereocenters. The Hall–Kier alpha value is -1.22. The van der Waals surface area contributed by atoms with Crippen molar-refractivity contribution < 1.29 is 10.1 Å². The SMILES string of the molecule is CCOc1ccc(NC[C@H]2CCC[NH2+]2)cc1. The van der Waals surface area contributed by atoms with E-state index in [1.807, 2.05) is 19.1 Å². The summed E-state index contributed by atoms with van der Waals surface area (Å²) < 4.78 is 5.40. The molecule has 1 aliphatic heterocycles. The van der Waals surface area contributed by atoms with Crippen LogP contribution < -0.4 is 15.4 Å². The van der Waals surface area contributed by atoms with Crippen molar-refractivity contribution in [2.45, 2.75) is 25.8 Å². The summed E-state index contributed by atoms with van der Waals surface area (Å²) in [4.78, 5) is 0. The average molecular weight is 221 g/mol. The van der Waals surface area contributed by atoms with E-state index in [9.17, 15) is 0 Å². The summed E-state index contributed by atoms with van der Waals surface area (Å²) in [6.07, 6.45) is 2.69. The highest BCUT2D eigenvalue weighted by Gasteiger charge is 2.17. The fraction of sp³-hybridized carbons (Fsp3) is 0.538. The summed E-state index contributed by atoms with van der Waals surface area (Å²) in [6.45, 7) is 5.08. The highest BCUT2D eigenvalue weighted by Crippen LogP contribution is 2.15. The summed E-state index contributed by atoms with van der Waals surface area (Å²) in [6, 6.07) is 8.96. The van der Waals surface area contributed by atoms with Crippen LogP contribution in [0.5, 0.6) is 5.75 Å². The van der Waals surface area contributed by atoms with Gasteiger partial charge in [0.25, 0.3) is 0 Å². The van der Waals surface area contributed by atoms with Gasteiger partial charge < -0.3 is 15.4 Å². The average Bonchev–Trinajstić information content (AvgIpc) is 2.82. The van der Waals surface area contributed by atoms with E-state index in [2.05, 4.69) is 22.8 Å². The third kappa shape index (κ3) is 3.14. The largest absolute Gasteiger partial charge is 0.494 e. The number of hydrogen-bond donors (Lipinski definition) is 2. The molecule has 0 saturated carbocycles. The molecule has 1 saturated heterocycles. The van der Waals surface area contributed by atoms with E-state index in [1.54, 1.807) is 0 Å². The van der Waals surface area contributed by atoms with Crippen molar-refractivity contribution in [1.82, 2.24) is 0 Å². The molecule has 0 unspecified atom stereocenters. The van der Waals surface area contributed by atoms with Gasteiger partial charge in [-0.2, -0.15) is 0 Å². The Bertz CT molecular complexity index is 304. The van der Waals surface area contributed by atoms with E-state index in [4.69, 9.17) is 4.74 Å². The van der Waals surface area contributed by atoms with Crippen LogP contribution in [-0.4, -0.2) is 25.7 Å². The van der Waals surface area contributed by atoms with Gasteiger partial charge in [0.1, 0.15) is 11.8 Å². The Labute approximate surface area is 97.2 Å². The lowest BCUT2D eigenvalue weighted by molar-refractivity contribution is -0.666. The second kappa shape index (κ2) is 5.75. The van der Waals surface area contributed by atoms with Gasteiger partial charge in [-0.05, 0) is 31.2 Å². The second-order valence-corrected chi connectivity index (χ2v) is 4.26. The molecule has 0 amide bonds. The Kier molecular flexibility index (Phi) is 4.05. The van der Waals surface area contributed by atoms with Crippen LogP contribution in [0, 0.1) is 0 Å². The zero-order valence-corrected chi connectivity index (χ0v) is 9.91. The van der Waals surface area contributed by atoms with Crippen molar-refractivity contribution >= 4 is 5.69 Å². The molecule has 0 aliphatic carbocycles. The van der Waals surface area contributed by atoms with E-state index >= 15 is 0 Å². The summed E-state index contributed by atoms with van der Waals surface area (Å²) in [5, 5.41) is 5.90. The summed E-state index contributed by atoms with van der Waals surface area (Å²) in [5.74, 6) is 0.945. The standard InChI is InChI=1S/C13H20N2O/c1-2-16-13-7-5-11(6-8-13)15-10-12-4-3-9-14-12/h5-8,12,14-15H,2-4,9-10H2,1H3/p+1/t12-/m1/s1. The van der Waals surface area contributed by atoms with E-state index in [0.717, 1.165) is 24.9 Å². The van der Waals surface area contributed by atoms with Crippen LogP contribution in [0.1, 0.15) is 19.8 Å². The number of rotatable bonds is 5. The van der Waals surface area contributed by atoms with Gasteiger partial charge in [0.2, 0.25) is 0 Å². The van der Waals surface area contributed by atoms with Crippen LogP contribution in [0.3, 0.4) is 0 Å². The lowest BCUT2D eigenvalue weighted by Gasteiger charge is -2.10. The van der Waals surface area contributed by atoms with Gasteiger partial charge in [0.15, 0.2) is 0 Å². The third-order valence-corrected chi connectivity index (χ3v) is 3.01. The fourth-order valence-electron chi connectivity index (χ4n) is 2.12. The number of benzene rings is 1. The minimum absolute atomic E-state index is 0.726. The lowest BCUT2D eigenvalue weighted by atomic mass is 10.2. The molecule has 88 valence electrons. The Morgan fingerprint density at radius 2 is 2.19 bits per heavy atom. The summed E-state index contributed by atoms with van der Waals surface area (Å²) in [5.41, 5.74) is 1.18. The molecule has 0 bridgehead atoms. The first-order valence-electron chi connectivity index (χ1n) is 6.18. The third-order valence-electron chi connectivity index (χ3n) is 3.01. The molecule has 3 nitrogen and oxygen atoms in total. The van der Waals surface area contributed by atoms with Crippen LogP contribution >= 0.6 is 0 Å². The van der Waals surface area contributed by atoms with Crippen molar-refractivity contribution in [3.05, 3.63) is 24.3 Å². The fourth-order valence-corrected chi connectivity index (χ4v) is 2.12. The van der Waals surface area contributed by atoms with E-state index in [0.29, 0.717) is 0 Å². The molecule has 1 heterocycles. The molecule has 1 aromatic carbocycles. The Morgan fingerprint density at radius 1 is 1.38 bits per heavy atom. The van der Waals surface area contributed by atoms with Crippen LogP contribution in [0.4, 0.5) is 5.69 Å². The normalized spacial score (nSPS) is 19.7. The van der Waals surface area contributed by atoms with Crippen molar-refractivity contribution in [2.24, 2.45) is 0 Å². The maximum atomic E-state index is 5.40. The first-order chi connectivity index (χ1) is 7.88. The quantitative estimate of drug-likeness (QED) is 0.784. The monoisotopic (exact) mass is 221 g/mol. The highest BCUT2D eigenvalue weighted by atomic mass is 16.5. The minimum Gasteiger partial charge on any atom is -0.494 e. The molecule has 2 rings (SSSR count). The number of hydrogen-bond acceptors (Lipinski definition) is 2. The van der Waals surface area contributed by atoms with Crippen LogP contribution in [-0.2, 0) is 0 Å². The van der Waals surface area contributed by atoms with Gasteiger partial charge in [0, 0.05) is 18.5 Å². The molecular formula is C13H21N2O+. The maximum Gasteiger partial charge on any atom is 0.119 e. The van der Waals surface area contributed by atoms with Gasteiger partial charge in [-0.15, -0.1) is 0 Å². The molecule has 3 N–H and O–H groups in total. The molecule has 1 aromatic rings. The zero-order chi connectivity index (χ0) is 11.2. The number of quaternary nitrogens is 1. The van der Waals surface area contributed by atoms with Crippen LogP contribution in [0.2, 0.25) is 0 Å². The van der Waals surface area contributed by atoms with E-state index < -0.39 is 0 Å². The van der Waals surface area contributed by atoms with E-state index in [1.165, 1.54) is 25.1 Å². The van der Waals surface area contributed by atoms with E-state index in [-0.39, 0.29) is 0 Å². The van der Waals surface area contributed by atoms with Gasteiger partial charge >= 0.3 is 0 Å². The van der Waals surface area contributed by atoms with Gasteiger partial charge in [0.05, 0.1) is 19.7 Å². The highest BCUT2D eigenvalue weighted by molar-refractivity contribution is 5.46. The second-order valence-electron chi connectivity index (χ2n) is 4.26. The van der Waals surface area contributed by atoms with Crippen molar-refractivity contribution in [3.8, 4) is 5.75 Å². The van der Waals surface area contributed by atoms with Crippen molar-refractivity contribution in [1.29, 1.82) is 0 Å². The van der Waals surface area contributed by atoms with Crippen molar-refractivity contribution in [2.75, 3.05) is 25.0 Å². The predicted octanol–water partition coefficient (Wildman–Crippen LogP) is 1.22. The minimum atomic E-state index is 0.726. The van der Waals surface area contributed by atoms with Gasteiger partial charge in [-0.25, -0.2) is 0 Å². The molecule has 3 heteroatoms. The molecule has 0 aromatic heterocycles. The number of ether oxygens (including phenoxy) is 1. The first-order valence-corrected chi connectivity index (χ1v) is 6.18. The number of nitrogens with two attached hydrogens (primary N) is 1. The van der Waals surface area contributed by atoms with Gasteiger partial charge in [-0.3, -0.25) is 0 Å². The molecular weight excluding hydrogens is 200 g/mol. The van der Waals surface area contributed by atoms with Crippen LogP contribution in [0.25, 0.3) is 0 Å². The lowest BCUT2D eigenvalue weighted by Crippen LogP contribution is -2.87. The summed E-state index contributed by atoms with van der Waals surface area (Å²) in [7, 11) is 0. The Balaban J connectivity index is 1.80. The molecule has 0 spiro atoms. The number of anilines is 1. The summed E-state index contributed by atoms with van der Waals surface area (Å²) >= 11 is 0. The Morgan fingerprint density at radius 3 is 2.81 bits per heavy atom. The van der Waals surface area contributed by atoms with Crippen LogP contribution in [0.15, 0.2) is 24.3 Å². The first kappa shape index (κ1) is 11.3. The molecule has 0 radical (unpaired) electrons. The molecule has 1 fully saturated rings. The van der Waals surface area contributed by atoms with Gasteiger partial charge in [-0.1, -0.05) is 0 Å². The number of nitrogens with one attached hydrogen (secondary N) is 1.